The molecule has 76 valence electrons. The number of amides is 1. The van der Waals surface area contributed by atoms with Gasteiger partial charge in [0.25, 0.3) is 0 Å². The SMILES string of the molecule is CN(CCCl)C(=O)C1(C)CCCS1. The zero-order chi connectivity index (χ0) is 9.90. The molecular formula is C9H16ClNOS. The molecule has 1 saturated heterocycles. The van der Waals surface area contributed by atoms with E-state index in [1.165, 1.54) is 0 Å². The van der Waals surface area contributed by atoms with Crippen LogP contribution < -0.4 is 0 Å². The van der Waals surface area contributed by atoms with E-state index in [9.17, 15) is 4.79 Å². The van der Waals surface area contributed by atoms with E-state index in [2.05, 4.69) is 0 Å². The standard InChI is InChI=1S/C9H16ClNOS/c1-9(4-3-7-13-9)8(12)11(2)6-5-10/h3-7H2,1-2H3. The summed E-state index contributed by atoms with van der Waals surface area (Å²) in [5, 5.41) is 0. The van der Waals surface area contributed by atoms with Crippen LogP contribution >= 0.6 is 23.4 Å². The van der Waals surface area contributed by atoms with Gasteiger partial charge >= 0.3 is 0 Å². The summed E-state index contributed by atoms with van der Waals surface area (Å²) in [6.07, 6.45) is 2.16. The smallest absolute Gasteiger partial charge is 0.238 e. The molecule has 2 nitrogen and oxygen atoms in total. The number of alkyl halides is 1. The summed E-state index contributed by atoms with van der Waals surface area (Å²) in [5.74, 6) is 1.86. The van der Waals surface area contributed by atoms with Gasteiger partial charge in [-0.05, 0) is 25.5 Å². The first kappa shape index (κ1) is 11.2. The Labute approximate surface area is 89.0 Å². The van der Waals surface area contributed by atoms with Crippen molar-refractivity contribution in [2.45, 2.75) is 24.5 Å². The van der Waals surface area contributed by atoms with Crippen molar-refractivity contribution in [2.24, 2.45) is 0 Å². The number of halogens is 1. The van der Waals surface area contributed by atoms with Crippen LogP contribution in [0.25, 0.3) is 0 Å². The van der Waals surface area contributed by atoms with Gasteiger partial charge < -0.3 is 4.90 Å². The van der Waals surface area contributed by atoms with Gasteiger partial charge in [-0.25, -0.2) is 0 Å². The Bertz CT molecular complexity index is 192. The summed E-state index contributed by atoms with van der Waals surface area (Å²) in [6.45, 7) is 2.69. The molecule has 1 unspecified atom stereocenters. The van der Waals surface area contributed by atoms with Gasteiger partial charge in [-0.3, -0.25) is 4.79 Å². The van der Waals surface area contributed by atoms with Crippen LogP contribution in [0.2, 0.25) is 0 Å². The molecule has 0 bridgehead atoms. The molecule has 1 aliphatic rings. The van der Waals surface area contributed by atoms with Crippen molar-refractivity contribution in [3.8, 4) is 0 Å². The molecule has 1 fully saturated rings. The van der Waals surface area contributed by atoms with Crippen LogP contribution in [0.4, 0.5) is 0 Å². The number of rotatable bonds is 3. The van der Waals surface area contributed by atoms with E-state index in [-0.39, 0.29) is 10.7 Å². The summed E-state index contributed by atoms with van der Waals surface area (Å²) in [5.41, 5.74) is 0. The first-order chi connectivity index (χ1) is 6.10. The number of hydrogen-bond donors (Lipinski definition) is 0. The van der Waals surface area contributed by atoms with Gasteiger partial charge in [-0.2, -0.15) is 0 Å². The predicted molar refractivity (Wildman–Crippen MR) is 58.5 cm³/mol. The topological polar surface area (TPSA) is 20.3 Å². The quantitative estimate of drug-likeness (QED) is 0.680. The molecule has 0 N–H and O–H groups in total. The summed E-state index contributed by atoms with van der Waals surface area (Å²) in [6, 6.07) is 0. The second kappa shape index (κ2) is 4.56. The van der Waals surface area contributed by atoms with Crippen LogP contribution in [0.3, 0.4) is 0 Å². The number of thioether (sulfide) groups is 1. The number of carbonyl (C=O) groups excluding carboxylic acids is 1. The van der Waals surface area contributed by atoms with E-state index in [0.717, 1.165) is 18.6 Å². The second-order valence-electron chi connectivity index (χ2n) is 3.60. The van der Waals surface area contributed by atoms with Gasteiger partial charge in [0.1, 0.15) is 0 Å². The Balaban J connectivity index is 2.54. The van der Waals surface area contributed by atoms with Crippen LogP contribution in [0, 0.1) is 0 Å². The van der Waals surface area contributed by atoms with Crippen molar-refractivity contribution >= 4 is 29.3 Å². The van der Waals surface area contributed by atoms with Gasteiger partial charge in [0.05, 0.1) is 4.75 Å². The van der Waals surface area contributed by atoms with Crippen molar-refractivity contribution in [3.63, 3.8) is 0 Å². The van der Waals surface area contributed by atoms with Crippen LogP contribution in [0.1, 0.15) is 19.8 Å². The molecule has 0 radical (unpaired) electrons. The molecule has 1 heterocycles. The van der Waals surface area contributed by atoms with Gasteiger partial charge in [0.15, 0.2) is 0 Å². The number of hydrogen-bond acceptors (Lipinski definition) is 2. The largest absolute Gasteiger partial charge is 0.343 e. The predicted octanol–water partition coefficient (Wildman–Crippen LogP) is 1.97. The highest BCUT2D eigenvalue weighted by Gasteiger charge is 2.38. The molecule has 0 aromatic carbocycles. The monoisotopic (exact) mass is 221 g/mol. The molecular weight excluding hydrogens is 206 g/mol. The lowest BCUT2D eigenvalue weighted by atomic mass is 10.0. The minimum Gasteiger partial charge on any atom is -0.343 e. The third-order valence-corrected chi connectivity index (χ3v) is 4.12. The molecule has 4 heteroatoms. The zero-order valence-corrected chi connectivity index (χ0v) is 9.75. The normalized spacial score (nSPS) is 27.6. The summed E-state index contributed by atoms with van der Waals surface area (Å²) in [4.78, 5) is 13.6. The van der Waals surface area contributed by atoms with E-state index in [4.69, 9.17) is 11.6 Å². The number of carbonyl (C=O) groups is 1. The highest BCUT2D eigenvalue weighted by atomic mass is 35.5. The molecule has 0 spiro atoms. The van der Waals surface area contributed by atoms with Crippen molar-refractivity contribution in [1.82, 2.24) is 4.90 Å². The lowest BCUT2D eigenvalue weighted by Crippen LogP contribution is -2.42. The maximum Gasteiger partial charge on any atom is 0.238 e. The molecule has 0 aliphatic carbocycles. The third-order valence-electron chi connectivity index (χ3n) is 2.44. The Morgan fingerprint density at radius 3 is 2.85 bits per heavy atom. The van der Waals surface area contributed by atoms with Crippen LogP contribution in [-0.4, -0.2) is 40.8 Å². The van der Waals surface area contributed by atoms with Crippen molar-refractivity contribution in [3.05, 3.63) is 0 Å². The van der Waals surface area contributed by atoms with Gasteiger partial charge in [0.2, 0.25) is 5.91 Å². The highest BCUT2D eigenvalue weighted by molar-refractivity contribution is 8.01. The minimum absolute atomic E-state index is 0.180. The van der Waals surface area contributed by atoms with Crippen LogP contribution in [0.15, 0.2) is 0 Å². The fourth-order valence-electron chi connectivity index (χ4n) is 1.58. The summed E-state index contributed by atoms with van der Waals surface area (Å²) >= 11 is 7.36. The lowest BCUT2D eigenvalue weighted by Gasteiger charge is -2.27. The van der Waals surface area contributed by atoms with E-state index in [1.54, 1.807) is 16.7 Å². The molecule has 1 aliphatic heterocycles. The fourth-order valence-corrected chi connectivity index (χ4v) is 3.14. The Hall–Kier alpha value is 0.110. The van der Waals surface area contributed by atoms with Crippen molar-refractivity contribution in [2.75, 3.05) is 25.2 Å². The van der Waals surface area contributed by atoms with Gasteiger partial charge in [0, 0.05) is 19.5 Å². The maximum atomic E-state index is 11.9. The molecule has 1 atom stereocenters. The zero-order valence-electron chi connectivity index (χ0n) is 8.18. The Morgan fingerprint density at radius 2 is 2.38 bits per heavy atom. The van der Waals surface area contributed by atoms with E-state index >= 15 is 0 Å². The number of nitrogens with zero attached hydrogens (tertiary/aromatic N) is 1. The average Bonchev–Trinajstić information content (AvgIpc) is 2.52. The van der Waals surface area contributed by atoms with E-state index in [0.29, 0.717) is 12.4 Å². The second-order valence-corrected chi connectivity index (χ2v) is 5.57. The third kappa shape index (κ3) is 2.53. The van der Waals surface area contributed by atoms with Crippen molar-refractivity contribution in [1.29, 1.82) is 0 Å². The average molecular weight is 222 g/mol. The van der Waals surface area contributed by atoms with Gasteiger partial charge in [-0.15, -0.1) is 23.4 Å². The molecule has 0 saturated carbocycles. The van der Waals surface area contributed by atoms with Crippen LogP contribution in [-0.2, 0) is 4.79 Å². The Kier molecular flexibility index (Phi) is 3.92. The maximum absolute atomic E-state index is 11.9. The first-order valence-electron chi connectivity index (χ1n) is 4.55. The summed E-state index contributed by atoms with van der Waals surface area (Å²) in [7, 11) is 1.83. The molecule has 13 heavy (non-hydrogen) atoms. The van der Waals surface area contributed by atoms with Crippen LogP contribution in [0.5, 0.6) is 0 Å². The van der Waals surface area contributed by atoms with Gasteiger partial charge in [-0.1, -0.05) is 0 Å². The molecule has 1 amide bonds. The molecule has 1 rings (SSSR count). The summed E-state index contributed by atoms with van der Waals surface area (Å²) < 4.78 is -0.180. The Morgan fingerprint density at radius 1 is 1.69 bits per heavy atom. The first-order valence-corrected chi connectivity index (χ1v) is 6.07. The lowest BCUT2D eigenvalue weighted by molar-refractivity contribution is -0.131. The minimum atomic E-state index is -0.180. The molecule has 0 aromatic rings. The van der Waals surface area contributed by atoms with E-state index in [1.807, 2.05) is 14.0 Å². The van der Waals surface area contributed by atoms with E-state index < -0.39 is 0 Å². The van der Waals surface area contributed by atoms with Crippen molar-refractivity contribution < 1.29 is 4.79 Å². The highest BCUT2D eigenvalue weighted by Crippen LogP contribution is 2.38. The fraction of sp³-hybridized carbons (Fsp3) is 0.889. The molecule has 0 aromatic heterocycles.